The zero-order valence-electron chi connectivity index (χ0n) is 20.7. The van der Waals surface area contributed by atoms with Crippen molar-refractivity contribution in [2.75, 3.05) is 25.2 Å². The molecule has 1 fully saturated rings. The Morgan fingerprint density at radius 1 is 0.971 bits per heavy atom. The van der Waals surface area contributed by atoms with Crippen molar-refractivity contribution in [3.05, 3.63) is 83.2 Å². The van der Waals surface area contributed by atoms with Crippen molar-refractivity contribution in [1.29, 1.82) is 0 Å². The third-order valence-electron chi connectivity index (χ3n) is 6.72. The highest BCUT2D eigenvalue weighted by molar-refractivity contribution is 5.98. The largest absolute Gasteiger partial charge is 0.497 e. The fraction of sp³-hybridized carbons (Fsp3) is 0.310. The van der Waals surface area contributed by atoms with Crippen LogP contribution in [0.2, 0.25) is 0 Å². The Hall–Kier alpha value is -3.80. The number of imidazole rings is 1. The van der Waals surface area contributed by atoms with Gasteiger partial charge in [0.2, 0.25) is 5.91 Å². The Bertz CT molecular complexity index is 1350. The first-order valence-electron chi connectivity index (χ1n) is 12.0. The molecule has 1 aliphatic rings. The molecule has 0 spiro atoms. The molecule has 0 N–H and O–H groups in total. The third-order valence-corrected chi connectivity index (χ3v) is 6.72. The standard InChI is InChI=1S/C29H31N3O3/c1-19-15-20(2)28(21(3)16-19)32-18-22(17-27(32)33)29-30-25-7-5-6-8-26(25)31(29)13-14-35-24-11-9-23(34-4)10-12-24/h5-12,15-16,22H,13-14,17-18H2,1-4H3/t22-/m1/s1. The molecule has 4 aromatic rings. The topological polar surface area (TPSA) is 56.6 Å². The van der Waals surface area contributed by atoms with Gasteiger partial charge >= 0.3 is 0 Å². The molecule has 0 saturated carbocycles. The van der Waals surface area contributed by atoms with Crippen LogP contribution in [0.1, 0.15) is 34.9 Å². The monoisotopic (exact) mass is 469 g/mol. The lowest BCUT2D eigenvalue weighted by Crippen LogP contribution is -2.26. The van der Waals surface area contributed by atoms with Gasteiger partial charge < -0.3 is 18.9 Å². The van der Waals surface area contributed by atoms with Crippen molar-refractivity contribution in [1.82, 2.24) is 9.55 Å². The summed E-state index contributed by atoms with van der Waals surface area (Å²) in [6.45, 7) is 8.04. The van der Waals surface area contributed by atoms with Gasteiger partial charge in [-0.15, -0.1) is 0 Å². The van der Waals surface area contributed by atoms with Crippen LogP contribution in [-0.2, 0) is 11.3 Å². The van der Waals surface area contributed by atoms with E-state index in [1.165, 1.54) is 5.56 Å². The number of para-hydroxylation sites is 2. The minimum absolute atomic E-state index is 0.0241. The predicted molar refractivity (Wildman–Crippen MR) is 139 cm³/mol. The maximum absolute atomic E-state index is 13.2. The first-order valence-corrected chi connectivity index (χ1v) is 12.0. The van der Waals surface area contributed by atoms with Gasteiger partial charge in [-0.1, -0.05) is 29.8 Å². The molecule has 6 nitrogen and oxygen atoms in total. The van der Waals surface area contributed by atoms with Crippen LogP contribution in [0.4, 0.5) is 5.69 Å². The molecule has 1 atom stereocenters. The minimum Gasteiger partial charge on any atom is -0.497 e. The van der Waals surface area contributed by atoms with Crippen LogP contribution in [0.25, 0.3) is 11.0 Å². The van der Waals surface area contributed by atoms with Crippen molar-refractivity contribution in [3.63, 3.8) is 0 Å². The number of amides is 1. The first kappa shape index (κ1) is 23.0. The first-order chi connectivity index (χ1) is 16.9. The van der Waals surface area contributed by atoms with E-state index in [1.54, 1.807) is 7.11 Å². The molecule has 35 heavy (non-hydrogen) atoms. The normalized spacial score (nSPS) is 15.7. The number of rotatable bonds is 7. The second kappa shape index (κ2) is 9.45. The van der Waals surface area contributed by atoms with Gasteiger partial charge in [0.15, 0.2) is 0 Å². The summed E-state index contributed by atoms with van der Waals surface area (Å²) in [5, 5.41) is 0. The van der Waals surface area contributed by atoms with E-state index in [0.29, 0.717) is 26.1 Å². The lowest BCUT2D eigenvalue weighted by atomic mass is 10.0. The van der Waals surface area contributed by atoms with E-state index in [2.05, 4.69) is 43.5 Å². The van der Waals surface area contributed by atoms with Crippen LogP contribution >= 0.6 is 0 Å². The Labute approximate surface area is 206 Å². The maximum atomic E-state index is 13.2. The predicted octanol–water partition coefficient (Wildman–Crippen LogP) is 5.57. The number of aromatic nitrogens is 2. The molecule has 3 aromatic carbocycles. The highest BCUT2D eigenvalue weighted by atomic mass is 16.5. The molecule has 180 valence electrons. The van der Waals surface area contributed by atoms with E-state index in [-0.39, 0.29) is 11.8 Å². The van der Waals surface area contributed by atoms with Gasteiger partial charge in [0.25, 0.3) is 0 Å². The van der Waals surface area contributed by atoms with Crippen molar-refractivity contribution in [3.8, 4) is 11.5 Å². The quantitative estimate of drug-likeness (QED) is 0.355. The molecule has 0 radical (unpaired) electrons. The number of nitrogens with zero attached hydrogens (tertiary/aromatic N) is 3. The summed E-state index contributed by atoms with van der Waals surface area (Å²) in [4.78, 5) is 20.1. The van der Waals surface area contributed by atoms with Gasteiger partial charge in [-0.25, -0.2) is 4.98 Å². The molecular formula is C29H31N3O3. The summed E-state index contributed by atoms with van der Waals surface area (Å²) >= 11 is 0. The van der Waals surface area contributed by atoms with Crippen LogP contribution in [0.15, 0.2) is 60.7 Å². The summed E-state index contributed by atoms with van der Waals surface area (Å²) in [5.74, 6) is 2.72. The molecule has 1 aromatic heterocycles. The molecule has 5 rings (SSSR count). The Balaban J connectivity index is 1.40. The van der Waals surface area contributed by atoms with Gasteiger partial charge in [-0.05, 0) is 68.3 Å². The van der Waals surface area contributed by atoms with Gasteiger partial charge in [0, 0.05) is 24.6 Å². The van der Waals surface area contributed by atoms with E-state index >= 15 is 0 Å². The molecule has 1 saturated heterocycles. The highest BCUT2D eigenvalue weighted by Crippen LogP contribution is 2.36. The Morgan fingerprint density at radius 3 is 2.37 bits per heavy atom. The summed E-state index contributed by atoms with van der Waals surface area (Å²) in [5.41, 5.74) is 6.53. The number of anilines is 1. The number of fused-ring (bicyclic) bond motifs is 1. The smallest absolute Gasteiger partial charge is 0.227 e. The molecule has 1 aliphatic heterocycles. The van der Waals surface area contributed by atoms with Crippen molar-refractivity contribution < 1.29 is 14.3 Å². The minimum atomic E-state index is 0.0241. The third kappa shape index (κ3) is 4.48. The Morgan fingerprint density at radius 2 is 1.66 bits per heavy atom. The van der Waals surface area contributed by atoms with Crippen LogP contribution in [0.3, 0.4) is 0 Å². The molecule has 1 amide bonds. The summed E-state index contributed by atoms with van der Waals surface area (Å²) in [7, 11) is 1.65. The van der Waals surface area contributed by atoms with Gasteiger partial charge in [-0.3, -0.25) is 4.79 Å². The fourth-order valence-electron chi connectivity index (χ4n) is 5.26. The molecular weight excluding hydrogens is 438 g/mol. The van der Waals surface area contributed by atoms with Gasteiger partial charge in [-0.2, -0.15) is 0 Å². The van der Waals surface area contributed by atoms with Crippen molar-refractivity contribution in [2.45, 2.75) is 39.7 Å². The molecule has 0 bridgehead atoms. The molecule has 6 heteroatoms. The zero-order chi connectivity index (χ0) is 24.5. The lowest BCUT2D eigenvalue weighted by Gasteiger charge is -2.22. The maximum Gasteiger partial charge on any atom is 0.227 e. The van der Waals surface area contributed by atoms with Crippen LogP contribution in [0.5, 0.6) is 11.5 Å². The number of ether oxygens (including phenoxy) is 2. The SMILES string of the molecule is COc1ccc(OCCn2c([C@@H]3CC(=O)N(c4c(C)cc(C)cc4C)C3)nc3ccccc32)cc1. The molecule has 0 unspecified atom stereocenters. The molecule has 0 aliphatic carbocycles. The molecule has 2 heterocycles. The van der Waals surface area contributed by atoms with Gasteiger partial charge in [0.1, 0.15) is 23.9 Å². The number of carbonyl (C=O) groups is 1. The zero-order valence-corrected chi connectivity index (χ0v) is 20.7. The van der Waals surface area contributed by atoms with E-state index in [0.717, 1.165) is 45.2 Å². The van der Waals surface area contributed by atoms with Crippen LogP contribution in [0, 0.1) is 20.8 Å². The summed E-state index contributed by atoms with van der Waals surface area (Å²) in [6, 6.07) is 20.0. The van der Waals surface area contributed by atoms with E-state index < -0.39 is 0 Å². The number of hydrogen-bond acceptors (Lipinski definition) is 4. The van der Waals surface area contributed by atoms with Crippen LogP contribution in [-0.4, -0.2) is 35.7 Å². The van der Waals surface area contributed by atoms with E-state index in [1.807, 2.05) is 47.4 Å². The number of carbonyl (C=O) groups excluding carboxylic acids is 1. The van der Waals surface area contributed by atoms with Gasteiger partial charge in [0.05, 0.1) is 24.7 Å². The number of aryl methyl sites for hydroxylation is 3. The average molecular weight is 470 g/mol. The van der Waals surface area contributed by atoms with E-state index in [9.17, 15) is 4.79 Å². The second-order valence-electron chi connectivity index (χ2n) is 9.29. The lowest BCUT2D eigenvalue weighted by molar-refractivity contribution is -0.117. The van der Waals surface area contributed by atoms with Crippen molar-refractivity contribution >= 4 is 22.6 Å². The average Bonchev–Trinajstić information content (AvgIpc) is 3.39. The fourth-order valence-corrected chi connectivity index (χ4v) is 5.26. The Kier molecular flexibility index (Phi) is 6.20. The summed E-state index contributed by atoms with van der Waals surface area (Å²) in [6.07, 6.45) is 0.454. The van der Waals surface area contributed by atoms with Crippen molar-refractivity contribution in [2.24, 2.45) is 0 Å². The van der Waals surface area contributed by atoms with Crippen LogP contribution < -0.4 is 14.4 Å². The number of benzene rings is 3. The second-order valence-corrected chi connectivity index (χ2v) is 9.29. The highest BCUT2D eigenvalue weighted by Gasteiger charge is 2.36. The number of methoxy groups -OCH3 is 1. The number of hydrogen-bond donors (Lipinski definition) is 0. The van der Waals surface area contributed by atoms with E-state index in [4.69, 9.17) is 14.5 Å². The summed E-state index contributed by atoms with van der Waals surface area (Å²) < 4.78 is 13.5.